The van der Waals surface area contributed by atoms with Crippen molar-refractivity contribution >= 4 is 22.8 Å². The molecule has 110 valence electrons. The highest BCUT2D eigenvalue weighted by atomic mass is 16.5. The largest absolute Gasteiger partial charge is 0.459 e. The molecule has 1 N–H and O–H groups in total. The lowest BCUT2D eigenvalue weighted by atomic mass is 10.2. The van der Waals surface area contributed by atoms with Gasteiger partial charge in [0.1, 0.15) is 11.3 Å². The van der Waals surface area contributed by atoms with Crippen molar-refractivity contribution in [3.05, 3.63) is 48.2 Å². The number of allylic oxidation sites excluding steroid dienone is 1. The molecule has 1 aromatic carbocycles. The summed E-state index contributed by atoms with van der Waals surface area (Å²) in [4.78, 5) is 22.8. The maximum Gasteiger partial charge on any atom is 0.330 e. The molecule has 0 bridgehead atoms. The van der Waals surface area contributed by atoms with E-state index in [1.54, 1.807) is 13.0 Å². The number of benzene rings is 1. The number of amides is 1. The fourth-order valence-electron chi connectivity index (χ4n) is 1.89. The Labute approximate surface area is 122 Å². The normalized spacial score (nSPS) is 12.5. The van der Waals surface area contributed by atoms with Crippen molar-refractivity contribution in [3.8, 4) is 0 Å². The van der Waals surface area contributed by atoms with Gasteiger partial charge in [-0.2, -0.15) is 0 Å². The average molecular weight is 287 g/mol. The van der Waals surface area contributed by atoms with Gasteiger partial charge < -0.3 is 14.5 Å². The van der Waals surface area contributed by atoms with Crippen molar-refractivity contribution in [2.24, 2.45) is 0 Å². The topological polar surface area (TPSA) is 68.5 Å². The van der Waals surface area contributed by atoms with Crippen LogP contribution in [0.3, 0.4) is 0 Å². The summed E-state index contributed by atoms with van der Waals surface area (Å²) in [6, 6.07) is 9.20. The number of carbonyl (C=O) groups excluding carboxylic acids is 2. The summed E-state index contributed by atoms with van der Waals surface area (Å²) in [5.74, 6) is -0.255. The molecule has 2 aromatic rings. The van der Waals surface area contributed by atoms with Crippen LogP contribution in [0.5, 0.6) is 0 Å². The Morgan fingerprint density at radius 2 is 2.14 bits per heavy atom. The van der Waals surface area contributed by atoms with Crippen LogP contribution < -0.4 is 5.32 Å². The third-order valence-electron chi connectivity index (χ3n) is 2.90. The number of nitrogens with one attached hydrogen (secondary N) is 1. The van der Waals surface area contributed by atoms with Crippen molar-refractivity contribution in [2.75, 3.05) is 6.61 Å². The summed E-state index contributed by atoms with van der Waals surface area (Å²) in [6.45, 7) is 3.20. The van der Waals surface area contributed by atoms with Crippen molar-refractivity contribution < 1.29 is 18.7 Å². The summed E-state index contributed by atoms with van der Waals surface area (Å²) in [5.41, 5.74) is 0.771. The minimum absolute atomic E-state index is 0.301. The van der Waals surface area contributed by atoms with Crippen LogP contribution in [0.4, 0.5) is 0 Å². The van der Waals surface area contributed by atoms with Gasteiger partial charge in [0.25, 0.3) is 5.91 Å². The van der Waals surface area contributed by atoms with Gasteiger partial charge in [0.05, 0.1) is 6.04 Å². The smallest absolute Gasteiger partial charge is 0.330 e. The van der Waals surface area contributed by atoms with Crippen molar-refractivity contribution in [1.82, 2.24) is 5.32 Å². The molecule has 0 aliphatic rings. The molecule has 5 heteroatoms. The number of carbonyl (C=O) groups is 2. The maximum atomic E-state index is 11.7. The first kappa shape index (κ1) is 14.8. The van der Waals surface area contributed by atoms with Crippen LogP contribution in [0.15, 0.2) is 46.9 Å². The Bertz CT molecular complexity index is 639. The fourth-order valence-corrected chi connectivity index (χ4v) is 1.89. The number of fused-ring (bicyclic) bond motifs is 1. The molecule has 0 aliphatic carbocycles. The van der Waals surface area contributed by atoms with Crippen LogP contribution in [0, 0.1) is 0 Å². The van der Waals surface area contributed by atoms with Crippen LogP contribution in [-0.4, -0.2) is 18.5 Å². The predicted molar refractivity (Wildman–Crippen MR) is 78.5 cm³/mol. The quantitative estimate of drug-likeness (QED) is 0.678. The monoisotopic (exact) mass is 287 g/mol. The highest BCUT2D eigenvalue weighted by Crippen LogP contribution is 2.23. The molecule has 0 unspecified atom stereocenters. The van der Waals surface area contributed by atoms with E-state index in [4.69, 9.17) is 9.15 Å². The third kappa shape index (κ3) is 3.95. The Balaban J connectivity index is 1.92. The van der Waals surface area contributed by atoms with Gasteiger partial charge >= 0.3 is 5.97 Å². The average Bonchev–Trinajstić information content (AvgIpc) is 2.89. The van der Waals surface area contributed by atoms with Gasteiger partial charge in [-0.05, 0) is 26.0 Å². The van der Waals surface area contributed by atoms with E-state index in [0.717, 1.165) is 11.0 Å². The highest BCUT2D eigenvalue weighted by Gasteiger charge is 2.14. The van der Waals surface area contributed by atoms with Crippen molar-refractivity contribution in [3.63, 3.8) is 0 Å². The summed E-state index contributed by atoms with van der Waals surface area (Å²) in [7, 11) is 0. The molecule has 0 fully saturated rings. The lowest BCUT2D eigenvalue weighted by Gasteiger charge is -2.11. The van der Waals surface area contributed by atoms with Gasteiger partial charge in [-0.3, -0.25) is 4.79 Å². The van der Waals surface area contributed by atoms with Crippen LogP contribution in [0.1, 0.15) is 25.6 Å². The number of hydrogen-bond donors (Lipinski definition) is 1. The number of ether oxygens (including phenoxy) is 1. The molecule has 1 heterocycles. The zero-order valence-electron chi connectivity index (χ0n) is 12.0. The Kier molecular flexibility index (Phi) is 4.77. The van der Waals surface area contributed by atoms with E-state index in [1.165, 1.54) is 6.08 Å². The third-order valence-corrected chi connectivity index (χ3v) is 2.90. The molecule has 0 aliphatic heterocycles. The maximum absolute atomic E-state index is 11.7. The Hall–Kier alpha value is -2.56. The first-order valence-corrected chi connectivity index (χ1v) is 6.67. The van der Waals surface area contributed by atoms with Crippen LogP contribution in [0.2, 0.25) is 0 Å². The molecule has 0 saturated carbocycles. The van der Waals surface area contributed by atoms with E-state index in [1.807, 2.05) is 37.3 Å². The SMILES string of the molecule is C/C=C/C(=O)OCC(=O)N[C@@H](C)c1cc2ccccc2o1. The van der Waals surface area contributed by atoms with E-state index < -0.39 is 5.97 Å². The van der Waals surface area contributed by atoms with E-state index >= 15 is 0 Å². The molecule has 1 amide bonds. The second kappa shape index (κ2) is 6.74. The number of furan rings is 1. The molecule has 1 aromatic heterocycles. The van der Waals surface area contributed by atoms with Gasteiger partial charge in [-0.25, -0.2) is 4.79 Å². The number of esters is 1. The predicted octanol–water partition coefficient (Wildman–Crippen LogP) is 2.73. The molecular weight excluding hydrogens is 270 g/mol. The molecule has 0 spiro atoms. The first-order valence-electron chi connectivity index (χ1n) is 6.67. The van der Waals surface area contributed by atoms with Gasteiger partial charge in [0.15, 0.2) is 6.61 Å². The lowest BCUT2D eigenvalue weighted by molar-refractivity contribution is -0.144. The van der Waals surface area contributed by atoms with Crippen LogP contribution >= 0.6 is 0 Å². The highest BCUT2D eigenvalue weighted by molar-refractivity contribution is 5.85. The Morgan fingerprint density at radius 3 is 2.86 bits per heavy atom. The van der Waals surface area contributed by atoms with Crippen LogP contribution in [0.25, 0.3) is 11.0 Å². The summed E-state index contributed by atoms with van der Waals surface area (Å²) in [6.07, 6.45) is 2.81. The van der Waals surface area contributed by atoms with Crippen LogP contribution in [-0.2, 0) is 14.3 Å². The van der Waals surface area contributed by atoms with Crippen molar-refractivity contribution in [1.29, 1.82) is 0 Å². The molecule has 5 nitrogen and oxygen atoms in total. The summed E-state index contributed by atoms with van der Waals surface area (Å²) < 4.78 is 10.4. The molecular formula is C16H17NO4. The number of hydrogen-bond acceptors (Lipinski definition) is 4. The zero-order valence-corrected chi connectivity index (χ0v) is 12.0. The number of rotatable bonds is 5. The minimum atomic E-state index is -0.538. The van der Waals surface area contributed by atoms with Gasteiger partial charge in [0.2, 0.25) is 0 Å². The Morgan fingerprint density at radius 1 is 1.38 bits per heavy atom. The lowest BCUT2D eigenvalue weighted by Crippen LogP contribution is -2.30. The number of para-hydroxylation sites is 1. The van der Waals surface area contributed by atoms with Gasteiger partial charge in [0, 0.05) is 11.5 Å². The minimum Gasteiger partial charge on any atom is -0.459 e. The second-order valence-corrected chi connectivity index (χ2v) is 4.58. The molecule has 0 radical (unpaired) electrons. The summed E-state index contributed by atoms with van der Waals surface area (Å²) in [5, 5.41) is 3.70. The first-order chi connectivity index (χ1) is 10.1. The second-order valence-electron chi connectivity index (χ2n) is 4.58. The van der Waals surface area contributed by atoms with E-state index in [0.29, 0.717) is 5.76 Å². The fraction of sp³-hybridized carbons (Fsp3) is 0.250. The molecule has 0 saturated heterocycles. The molecule has 2 rings (SSSR count). The zero-order chi connectivity index (χ0) is 15.2. The molecule has 21 heavy (non-hydrogen) atoms. The standard InChI is InChI=1S/C16H17NO4/c1-3-6-16(19)20-10-15(18)17-11(2)14-9-12-7-4-5-8-13(12)21-14/h3-9,11H,10H2,1-2H3,(H,17,18)/b6-3+/t11-/m0/s1. The molecule has 1 atom stereocenters. The van der Waals surface area contributed by atoms with Gasteiger partial charge in [-0.1, -0.05) is 24.3 Å². The van der Waals surface area contributed by atoms with Crippen molar-refractivity contribution in [2.45, 2.75) is 19.9 Å². The van der Waals surface area contributed by atoms with E-state index in [2.05, 4.69) is 5.32 Å². The van der Waals surface area contributed by atoms with E-state index in [-0.39, 0.29) is 18.6 Å². The summed E-state index contributed by atoms with van der Waals surface area (Å²) >= 11 is 0. The van der Waals surface area contributed by atoms with E-state index in [9.17, 15) is 9.59 Å². The van der Waals surface area contributed by atoms with Gasteiger partial charge in [-0.15, -0.1) is 0 Å².